The largest absolute Gasteiger partial charge is 0.444 e. The van der Waals surface area contributed by atoms with Crippen molar-refractivity contribution in [1.82, 2.24) is 39.3 Å². The lowest BCUT2D eigenvalue weighted by molar-refractivity contribution is -0.168. The van der Waals surface area contributed by atoms with Crippen molar-refractivity contribution >= 4 is 57.5 Å². The molecule has 2 saturated carbocycles. The number of carbonyl (C=O) groups excluding carboxylic acids is 2. The van der Waals surface area contributed by atoms with Gasteiger partial charge in [0.2, 0.25) is 0 Å². The second-order valence-corrected chi connectivity index (χ2v) is 21.8. The third kappa shape index (κ3) is 8.82. The summed E-state index contributed by atoms with van der Waals surface area (Å²) in [6.45, 7) is 25.9. The highest BCUT2D eigenvalue weighted by molar-refractivity contribution is 6.34. The van der Waals surface area contributed by atoms with Crippen LogP contribution in [0.3, 0.4) is 0 Å². The maximum absolute atomic E-state index is 12.9. The summed E-state index contributed by atoms with van der Waals surface area (Å²) in [5.41, 5.74) is -0.229. The topological polar surface area (TPSA) is 166 Å². The molecule has 5 fully saturated rings. The van der Waals surface area contributed by atoms with Crippen LogP contribution >= 0.6 is 23.2 Å². The van der Waals surface area contributed by atoms with Crippen LogP contribution in [0.5, 0.6) is 0 Å². The molecule has 7 heterocycles. The van der Waals surface area contributed by atoms with Gasteiger partial charge in [0.25, 0.3) is 0 Å². The molecule has 0 radical (unpaired) electrons. The van der Waals surface area contributed by atoms with Gasteiger partial charge in [-0.1, -0.05) is 29.3 Å². The van der Waals surface area contributed by atoms with Gasteiger partial charge in [-0.3, -0.25) is 0 Å². The number of nitrogens with one attached hydrogen (secondary N) is 1. The van der Waals surface area contributed by atoms with Crippen LogP contribution in [0.15, 0.2) is 49.8 Å². The summed E-state index contributed by atoms with van der Waals surface area (Å²) in [4.78, 5) is 44.4. The number of alkyl carbamates (subject to hydrolysis) is 1. The number of rotatable bonds is 6. The molecule has 1 unspecified atom stereocenters. The summed E-state index contributed by atoms with van der Waals surface area (Å²) in [5.74, 6) is -1.44. The van der Waals surface area contributed by atoms with E-state index in [0.29, 0.717) is 36.2 Å². The second kappa shape index (κ2) is 16.4. The summed E-state index contributed by atoms with van der Waals surface area (Å²) >= 11 is 12.6. The molecule has 3 aliphatic heterocycles. The molecule has 3 saturated heterocycles. The number of hydrogen-bond acceptors (Lipinski definition) is 12. The molecule has 4 aromatic heterocycles. The number of aromatic nitrogens is 6. The first kappa shape index (κ1) is 46.5. The minimum atomic E-state index is -0.748. The molecular formula is C46H62Cl2N8O8. The smallest absolute Gasteiger partial charge is 0.410 e. The predicted molar refractivity (Wildman–Crippen MR) is 241 cm³/mol. The van der Waals surface area contributed by atoms with Gasteiger partial charge < -0.3 is 47.8 Å². The Morgan fingerprint density at radius 2 is 1.31 bits per heavy atom. The first-order valence-corrected chi connectivity index (χ1v) is 22.8. The number of amides is 2. The van der Waals surface area contributed by atoms with E-state index in [1.807, 2.05) is 105 Å². The van der Waals surface area contributed by atoms with E-state index in [2.05, 4.69) is 47.9 Å². The number of fused-ring (bicyclic) bond motifs is 5. The molecule has 2 aliphatic carbocycles. The van der Waals surface area contributed by atoms with Gasteiger partial charge in [0.05, 0.1) is 35.1 Å². The fraction of sp³-hybridized carbons (Fsp3) is 0.652. The number of halogens is 2. The number of nitrogens with zero attached hydrogens (tertiary/aromatic N) is 7. The van der Waals surface area contributed by atoms with E-state index >= 15 is 0 Å². The molecule has 18 heteroatoms. The van der Waals surface area contributed by atoms with Crippen LogP contribution in [0.1, 0.15) is 114 Å². The maximum atomic E-state index is 12.9. The normalized spacial score (nSPS) is 31.5. The van der Waals surface area contributed by atoms with Gasteiger partial charge in [0.15, 0.2) is 11.6 Å². The SMILES string of the molecule is C=CC[C@@]1(CNC(=O)OC(C)(C)C)C[C@@H](n2ccc3c(Cl)ncnc32)[C@@H]2OC(C)(C)O[C@@H]21.CC1C[C@]2(C[C@@H](n3ccc4c(Cl)ncnc43)[C@@H]3OC(C)(C)O[C@@H]32)CN1C(=O)OC(C)(C)C. The van der Waals surface area contributed by atoms with Crippen LogP contribution in [0.4, 0.5) is 9.59 Å². The molecule has 1 spiro atoms. The number of hydrogen-bond donors (Lipinski definition) is 1. The molecular weight excluding hydrogens is 863 g/mol. The molecule has 0 bridgehead atoms. The molecule has 0 aromatic carbocycles. The number of carbonyl (C=O) groups is 2. The van der Waals surface area contributed by atoms with E-state index < -0.39 is 34.3 Å². The van der Waals surface area contributed by atoms with Crippen LogP contribution in [0, 0.1) is 10.8 Å². The second-order valence-electron chi connectivity index (χ2n) is 21.1. The average molecular weight is 926 g/mol. The van der Waals surface area contributed by atoms with Crippen molar-refractivity contribution in [3.05, 3.63) is 60.1 Å². The quantitative estimate of drug-likeness (QED) is 0.144. The number of likely N-dealkylation sites (tertiary alicyclic amines) is 1. The van der Waals surface area contributed by atoms with Crippen molar-refractivity contribution in [2.24, 2.45) is 10.8 Å². The summed E-state index contributed by atoms with van der Waals surface area (Å²) in [5, 5.41) is 5.42. The lowest BCUT2D eigenvalue weighted by Gasteiger charge is -2.35. The zero-order valence-corrected chi connectivity index (χ0v) is 40.2. The van der Waals surface area contributed by atoms with Crippen molar-refractivity contribution < 1.29 is 38.0 Å². The highest BCUT2D eigenvalue weighted by Gasteiger charge is 2.65. The van der Waals surface area contributed by atoms with Crippen LogP contribution in [0.2, 0.25) is 10.3 Å². The lowest BCUT2D eigenvalue weighted by Crippen LogP contribution is -2.46. The minimum Gasteiger partial charge on any atom is -0.444 e. The van der Waals surface area contributed by atoms with Crippen LogP contribution < -0.4 is 5.32 Å². The summed E-state index contributed by atoms with van der Waals surface area (Å²) in [6.07, 6.45) is 10.3. The minimum absolute atomic E-state index is 0.0102. The maximum Gasteiger partial charge on any atom is 0.410 e. The summed E-state index contributed by atoms with van der Waals surface area (Å²) in [6, 6.07) is 3.86. The van der Waals surface area contributed by atoms with E-state index in [9.17, 15) is 9.59 Å². The molecule has 9 rings (SSSR count). The first-order chi connectivity index (χ1) is 29.8. The van der Waals surface area contributed by atoms with Gasteiger partial charge in [-0.25, -0.2) is 29.5 Å². The highest BCUT2D eigenvalue weighted by Crippen LogP contribution is 2.59. The van der Waals surface area contributed by atoms with Gasteiger partial charge in [0, 0.05) is 42.4 Å². The van der Waals surface area contributed by atoms with E-state index in [1.165, 1.54) is 12.7 Å². The van der Waals surface area contributed by atoms with E-state index in [0.717, 1.165) is 34.9 Å². The Labute approximate surface area is 384 Å². The molecule has 2 amide bonds. The zero-order chi connectivity index (χ0) is 46.4. The third-order valence-corrected chi connectivity index (χ3v) is 13.6. The van der Waals surface area contributed by atoms with Crippen molar-refractivity contribution in [1.29, 1.82) is 0 Å². The van der Waals surface area contributed by atoms with Crippen LogP contribution in [0.25, 0.3) is 22.1 Å². The Morgan fingerprint density at radius 3 is 1.84 bits per heavy atom. The zero-order valence-electron chi connectivity index (χ0n) is 38.7. The highest BCUT2D eigenvalue weighted by atomic mass is 35.5. The molecule has 64 heavy (non-hydrogen) atoms. The van der Waals surface area contributed by atoms with Gasteiger partial charge in [-0.05, 0) is 114 Å². The monoisotopic (exact) mass is 924 g/mol. The Morgan fingerprint density at radius 1 is 0.797 bits per heavy atom. The number of allylic oxidation sites excluding steroid dienone is 1. The molecule has 348 valence electrons. The van der Waals surface area contributed by atoms with E-state index in [1.54, 1.807) is 0 Å². The lowest BCUT2D eigenvalue weighted by atomic mass is 9.80. The van der Waals surface area contributed by atoms with Gasteiger partial charge in [-0.2, -0.15) is 0 Å². The molecule has 1 N–H and O–H groups in total. The standard InChI is InChI=1S/2C23H31ClN4O4/c1-13-9-23(11-28(13)20(29)32-21(2,3)4)10-15(16-17(23)31-22(5,6)30-16)27-8-7-14-18(24)25-12-26-19(14)27;1-7-9-23(12-25-20(29)32-21(2,3)4)11-15(16-17(23)31-22(5,6)30-16)28-10-8-14-18(24)26-13-27-19(14)28/h7-8,12-13,15-17H,9-11H2,1-6H3;7-8,10,13,15-17H,1,9,11-12H2,2-6H3,(H,25,29)/t13?,15-,16+,17+,23+;15-,16+,17+,23+/m11/s1. The Bertz CT molecular complexity index is 2430. The molecule has 5 aliphatic rings. The first-order valence-electron chi connectivity index (χ1n) is 22.1. The van der Waals surface area contributed by atoms with Gasteiger partial charge in [0.1, 0.15) is 57.7 Å². The van der Waals surface area contributed by atoms with Crippen LogP contribution in [-0.4, -0.2) is 112 Å². The summed E-state index contributed by atoms with van der Waals surface area (Å²) in [7, 11) is 0. The van der Waals surface area contributed by atoms with Crippen molar-refractivity contribution in [3.63, 3.8) is 0 Å². The van der Waals surface area contributed by atoms with Crippen molar-refractivity contribution in [2.45, 2.75) is 167 Å². The molecule has 16 nitrogen and oxygen atoms in total. The molecule has 4 aromatic rings. The van der Waals surface area contributed by atoms with E-state index in [-0.39, 0.29) is 54.0 Å². The predicted octanol–water partition coefficient (Wildman–Crippen LogP) is 9.20. The van der Waals surface area contributed by atoms with Gasteiger partial charge >= 0.3 is 12.2 Å². The van der Waals surface area contributed by atoms with Crippen molar-refractivity contribution in [2.75, 3.05) is 13.1 Å². The third-order valence-electron chi connectivity index (χ3n) is 13.0. The summed E-state index contributed by atoms with van der Waals surface area (Å²) < 4.78 is 41.1. The fourth-order valence-corrected chi connectivity index (χ4v) is 11.2. The Kier molecular flexibility index (Phi) is 11.9. The average Bonchev–Trinajstić information content (AvgIpc) is 4.03. The Balaban J connectivity index is 0.000000175. The van der Waals surface area contributed by atoms with Crippen molar-refractivity contribution in [3.8, 4) is 0 Å². The van der Waals surface area contributed by atoms with E-state index in [4.69, 9.17) is 51.6 Å². The van der Waals surface area contributed by atoms with Gasteiger partial charge in [-0.15, -0.1) is 6.58 Å². The molecule has 9 atom stereocenters. The fourth-order valence-electron chi connectivity index (χ4n) is 10.8. The van der Waals surface area contributed by atoms with Crippen LogP contribution in [-0.2, 0) is 28.4 Å². The number of ether oxygens (including phenoxy) is 6. The Hall–Kier alpha value is -4.06.